The molecule has 0 N–H and O–H groups in total. The Bertz CT molecular complexity index is 676. The van der Waals surface area contributed by atoms with Crippen molar-refractivity contribution in [2.45, 2.75) is 19.8 Å². The number of carbonyl (C=O) groups excluding carboxylic acids is 2. The predicted molar refractivity (Wildman–Crippen MR) is 82.7 cm³/mol. The SMILES string of the molecule is COC(=O)Cc1cccc(OC(=O)Cc2cccc(C)c2)c1. The van der Waals surface area contributed by atoms with Crippen molar-refractivity contribution >= 4 is 11.9 Å². The van der Waals surface area contributed by atoms with Gasteiger partial charge in [-0.25, -0.2) is 0 Å². The number of rotatable bonds is 5. The van der Waals surface area contributed by atoms with Crippen LogP contribution in [0.4, 0.5) is 0 Å². The third-order valence-electron chi connectivity index (χ3n) is 3.14. The highest BCUT2D eigenvalue weighted by atomic mass is 16.5. The number of hydrogen-bond donors (Lipinski definition) is 0. The second-order valence-electron chi connectivity index (χ2n) is 5.04. The Morgan fingerprint density at radius 1 is 0.909 bits per heavy atom. The summed E-state index contributed by atoms with van der Waals surface area (Å²) in [5.41, 5.74) is 2.76. The van der Waals surface area contributed by atoms with Crippen molar-refractivity contribution in [1.82, 2.24) is 0 Å². The van der Waals surface area contributed by atoms with Crippen LogP contribution in [0.2, 0.25) is 0 Å². The van der Waals surface area contributed by atoms with Gasteiger partial charge in [0.2, 0.25) is 0 Å². The van der Waals surface area contributed by atoms with E-state index < -0.39 is 0 Å². The van der Waals surface area contributed by atoms with Crippen LogP contribution in [0.25, 0.3) is 0 Å². The van der Waals surface area contributed by atoms with E-state index in [0.29, 0.717) is 5.75 Å². The van der Waals surface area contributed by atoms with E-state index in [-0.39, 0.29) is 24.8 Å². The van der Waals surface area contributed by atoms with Crippen molar-refractivity contribution in [2.24, 2.45) is 0 Å². The number of methoxy groups -OCH3 is 1. The summed E-state index contributed by atoms with van der Waals surface area (Å²) in [5, 5.41) is 0. The summed E-state index contributed by atoms with van der Waals surface area (Å²) in [4.78, 5) is 23.2. The van der Waals surface area contributed by atoms with Crippen LogP contribution in [0, 0.1) is 6.92 Å². The Labute approximate surface area is 129 Å². The van der Waals surface area contributed by atoms with Gasteiger partial charge in [0.25, 0.3) is 0 Å². The van der Waals surface area contributed by atoms with Crippen molar-refractivity contribution < 1.29 is 19.1 Å². The minimum absolute atomic E-state index is 0.153. The van der Waals surface area contributed by atoms with Gasteiger partial charge < -0.3 is 9.47 Å². The van der Waals surface area contributed by atoms with Gasteiger partial charge in [0, 0.05) is 0 Å². The molecular weight excluding hydrogens is 280 g/mol. The standard InChI is InChI=1S/C18H18O4/c1-13-5-3-6-14(9-13)12-18(20)22-16-8-4-7-15(10-16)11-17(19)21-2/h3-10H,11-12H2,1-2H3. The van der Waals surface area contributed by atoms with Gasteiger partial charge in [-0.15, -0.1) is 0 Å². The molecule has 0 saturated carbocycles. The third-order valence-corrected chi connectivity index (χ3v) is 3.14. The fraction of sp³-hybridized carbons (Fsp3) is 0.222. The molecule has 0 radical (unpaired) electrons. The van der Waals surface area contributed by atoms with E-state index in [4.69, 9.17) is 4.74 Å². The lowest BCUT2D eigenvalue weighted by molar-refractivity contribution is -0.139. The van der Waals surface area contributed by atoms with Crippen molar-refractivity contribution in [3.63, 3.8) is 0 Å². The molecule has 2 rings (SSSR count). The highest BCUT2D eigenvalue weighted by molar-refractivity contribution is 5.76. The lowest BCUT2D eigenvalue weighted by Crippen LogP contribution is -2.11. The number of carbonyl (C=O) groups is 2. The zero-order chi connectivity index (χ0) is 15.9. The van der Waals surface area contributed by atoms with Gasteiger partial charge in [-0.3, -0.25) is 9.59 Å². The maximum atomic E-state index is 12.0. The largest absolute Gasteiger partial charge is 0.469 e. The van der Waals surface area contributed by atoms with E-state index in [0.717, 1.165) is 16.7 Å². The lowest BCUT2D eigenvalue weighted by atomic mass is 10.1. The van der Waals surface area contributed by atoms with Crippen LogP contribution in [0.5, 0.6) is 5.75 Å². The first kappa shape index (κ1) is 15.8. The van der Waals surface area contributed by atoms with Crippen LogP contribution in [0.1, 0.15) is 16.7 Å². The van der Waals surface area contributed by atoms with Crippen molar-refractivity contribution in [2.75, 3.05) is 7.11 Å². The van der Waals surface area contributed by atoms with E-state index in [9.17, 15) is 9.59 Å². The Kier molecular flexibility index (Phi) is 5.31. The Hall–Kier alpha value is -2.62. The fourth-order valence-corrected chi connectivity index (χ4v) is 2.11. The number of esters is 2. The molecule has 114 valence electrons. The Balaban J connectivity index is 1.99. The molecule has 2 aromatic carbocycles. The minimum atomic E-state index is -0.333. The van der Waals surface area contributed by atoms with E-state index >= 15 is 0 Å². The van der Waals surface area contributed by atoms with E-state index in [2.05, 4.69) is 4.74 Å². The van der Waals surface area contributed by atoms with E-state index in [1.807, 2.05) is 31.2 Å². The molecule has 4 heteroatoms. The second kappa shape index (κ2) is 7.41. The topological polar surface area (TPSA) is 52.6 Å². The van der Waals surface area contributed by atoms with Crippen LogP contribution in [0.3, 0.4) is 0 Å². The summed E-state index contributed by atoms with van der Waals surface area (Å²) in [6, 6.07) is 14.6. The summed E-state index contributed by atoms with van der Waals surface area (Å²) in [7, 11) is 1.34. The average molecular weight is 298 g/mol. The molecule has 0 aliphatic carbocycles. The summed E-state index contributed by atoms with van der Waals surface area (Å²) in [5.74, 6) is -0.233. The highest BCUT2D eigenvalue weighted by Gasteiger charge is 2.09. The Morgan fingerprint density at radius 2 is 1.55 bits per heavy atom. The molecule has 0 bridgehead atoms. The smallest absolute Gasteiger partial charge is 0.315 e. The number of ether oxygens (including phenoxy) is 2. The quantitative estimate of drug-likeness (QED) is 0.629. The van der Waals surface area contributed by atoms with E-state index in [1.165, 1.54) is 7.11 Å². The van der Waals surface area contributed by atoms with Crippen LogP contribution in [-0.2, 0) is 27.2 Å². The lowest BCUT2D eigenvalue weighted by Gasteiger charge is -2.07. The summed E-state index contributed by atoms with van der Waals surface area (Å²) < 4.78 is 9.94. The Morgan fingerprint density at radius 3 is 2.23 bits per heavy atom. The second-order valence-corrected chi connectivity index (χ2v) is 5.04. The first-order valence-corrected chi connectivity index (χ1v) is 6.99. The average Bonchev–Trinajstić information content (AvgIpc) is 2.47. The molecule has 0 heterocycles. The minimum Gasteiger partial charge on any atom is -0.469 e. The maximum absolute atomic E-state index is 12.0. The van der Waals surface area contributed by atoms with Crippen LogP contribution in [-0.4, -0.2) is 19.0 Å². The van der Waals surface area contributed by atoms with Crippen LogP contribution in [0.15, 0.2) is 48.5 Å². The first-order valence-electron chi connectivity index (χ1n) is 6.99. The fourth-order valence-electron chi connectivity index (χ4n) is 2.11. The summed E-state index contributed by atoms with van der Waals surface area (Å²) in [6.07, 6.45) is 0.364. The van der Waals surface area contributed by atoms with Gasteiger partial charge in [-0.2, -0.15) is 0 Å². The molecule has 0 atom stereocenters. The molecule has 22 heavy (non-hydrogen) atoms. The zero-order valence-electron chi connectivity index (χ0n) is 12.7. The normalized spacial score (nSPS) is 10.1. The number of hydrogen-bond acceptors (Lipinski definition) is 4. The summed E-state index contributed by atoms with van der Waals surface area (Å²) in [6.45, 7) is 1.98. The van der Waals surface area contributed by atoms with E-state index in [1.54, 1.807) is 24.3 Å². The number of aryl methyl sites for hydroxylation is 1. The highest BCUT2D eigenvalue weighted by Crippen LogP contribution is 2.15. The van der Waals surface area contributed by atoms with Gasteiger partial charge in [0.15, 0.2) is 0 Å². The molecule has 0 aromatic heterocycles. The molecule has 0 unspecified atom stereocenters. The van der Waals surface area contributed by atoms with Crippen molar-refractivity contribution in [3.8, 4) is 5.75 Å². The zero-order valence-corrected chi connectivity index (χ0v) is 12.7. The molecule has 0 spiro atoms. The van der Waals surface area contributed by atoms with Gasteiger partial charge in [-0.1, -0.05) is 42.0 Å². The molecule has 0 aliphatic rings. The molecule has 0 fully saturated rings. The molecule has 0 aliphatic heterocycles. The van der Waals surface area contributed by atoms with Gasteiger partial charge in [0.05, 0.1) is 20.0 Å². The van der Waals surface area contributed by atoms with Gasteiger partial charge >= 0.3 is 11.9 Å². The van der Waals surface area contributed by atoms with Crippen LogP contribution >= 0.6 is 0 Å². The monoisotopic (exact) mass is 298 g/mol. The predicted octanol–water partition coefficient (Wildman–Crippen LogP) is 2.86. The first-order chi connectivity index (χ1) is 10.6. The number of benzene rings is 2. The van der Waals surface area contributed by atoms with Crippen LogP contribution < -0.4 is 4.74 Å². The third kappa shape index (κ3) is 4.74. The maximum Gasteiger partial charge on any atom is 0.315 e. The molecular formula is C18H18O4. The molecule has 4 nitrogen and oxygen atoms in total. The molecule has 0 amide bonds. The molecule has 2 aromatic rings. The van der Waals surface area contributed by atoms with Gasteiger partial charge in [-0.05, 0) is 30.2 Å². The molecule has 0 saturated heterocycles. The van der Waals surface area contributed by atoms with Crippen molar-refractivity contribution in [1.29, 1.82) is 0 Å². The van der Waals surface area contributed by atoms with Gasteiger partial charge in [0.1, 0.15) is 5.75 Å². The van der Waals surface area contributed by atoms with Crippen molar-refractivity contribution in [3.05, 3.63) is 65.2 Å². The summed E-state index contributed by atoms with van der Waals surface area (Å²) >= 11 is 0.